The van der Waals surface area contributed by atoms with Gasteiger partial charge in [-0.25, -0.2) is 4.39 Å². The Kier molecular flexibility index (Phi) is 5.12. The molecule has 0 radical (unpaired) electrons. The number of aryl methyl sites for hydroxylation is 1. The second-order valence-electron chi connectivity index (χ2n) is 5.99. The van der Waals surface area contributed by atoms with E-state index >= 15 is 0 Å². The molecule has 3 aromatic rings. The highest BCUT2D eigenvalue weighted by atomic mass is 19.1. The molecule has 0 aromatic heterocycles. The van der Waals surface area contributed by atoms with E-state index in [9.17, 15) is 4.39 Å². The van der Waals surface area contributed by atoms with Crippen molar-refractivity contribution < 1.29 is 4.39 Å². The third-order valence-corrected chi connectivity index (χ3v) is 4.23. The lowest BCUT2D eigenvalue weighted by Gasteiger charge is -2.03. The first-order valence-corrected chi connectivity index (χ1v) is 8.45. The van der Waals surface area contributed by atoms with Crippen LogP contribution in [0.4, 0.5) is 4.39 Å². The molecule has 0 bridgehead atoms. The van der Waals surface area contributed by atoms with E-state index in [0.717, 1.165) is 22.9 Å². The SMILES string of the molecule is CCCCc1ccc(C#Cc2cccc3c(F)c(C#N)ccc23)cc1. The van der Waals surface area contributed by atoms with Crippen LogP contribution in [0.1, 0.15) is 42.0 Å². The summed E-state index contributed by atoms with van der Waals surface area (Å²) in [7, 11) is 0. The first-order valence-electron chi connectivity index (χ1n) is 8.45. The Morgan fingerprint density at radius 1 is 0.880 bits per heavy atom. The molecule has 0 amide bonds. The number of nitriles is 1. The third-order valence-electron chi connectivity index (χ3n) is 4.23. The number of halogens is 1. The van der Waals surface area contributed by atoms with Gasteiger partial charge in [0.1, 0.15) is 11.9 Å². The highest BCUT2D eigenvalue weighted by Gasteiger charge is 2.08. The minimum Gasteiger partial charge on any atom is -0.205 e. The van der Waals surface area contributed by atoms with Crippen molar-refractivity contribution in [2.24, 2.45) is 0 Å². The monoisotopic (exact) mass is 327 g/mol. The van der Waals surface area contributed by atoms with E-state index in [2.05, 4.69) is 30.9 Å². The predicted octanol–water partition coefficient (Wildman–Crippen LogP) is 5.59. The topological polar surface area (TPSA) is 23.8 Å². The summed E-state index contributed by atoms with van der Waals surface area (Å²) in [5.74, 6) is 5.80. The predicted molar refractivity (Wildman–Crippen MR) is 99.7 cm³/mol. The maximum Gasteiger partial charge on any atom is 0.148 e. The van der Waals surface area contributed by atoms with Gasteiger partial charge >= 0.3 is 0 Å². The van der Waals surface area contributed by atoms with Crippen LogP contribution in [0, 0.1) is 29.0 Å². The lowest BCUT2D eigenvalue weighted by Crippen LogP contribution is -1.88. The van der Waals surface area contributed by atoms with Crippen molar-refractivity contribution in [3.63, 3.8) is 0 Å². The summed E-state index contributed by atoms with van der Waals surface area (Å²) in [6.07, 6.45) is 3.47. The Labute approximate surface area is 147 Å². The van der Waals surface area contributed by atoms with Gasteiger partial charge in [0.25, 0.3) is 0 Å². The second kappa shape index (κ2) is 7.65. The molecule has 2 heteroatoms. The number of benzene rings is 3. The Balaban J connectivity index is 1.93. The van der Waals surface area contributed by atoms with Crippen LogP contribution in [-0.2, 0) is 6.42 Å². The summed E-state index contributed by atoms with van der Waals surface area (Å²) in [4.78, 5) is 0. The molecule has 0 aliphatic heterocycles. The van der Waals surface area contributed by atoms with Gasteiger partial charge in [-0.15, -0.1) is 0 Å². The second-order valence-corrected chi connectivity index (χ2v) is 5.99. The van der Waals surface area contributed by atoms with Crippen LogP contribution < -0.4 is 0 Å². The number of rotatable bonds is 3. The summed E-state index contributed by atoms with van der Waals surface area (Å²) in [5.41, 5.74) is 3.08. The molecule has 0 aliphatic carbocycles. The Bertz CT molecular complexity index is 998. The normalized spacial score (nSPS) is 10.1. The summed E-state index contributed by atoms with van der Waals surface area (Å²) in [5, 5.41) is 10.1. The molecule has 0 N–H and O–H groups in total. The van der Waals surface area contributed by atoms with Crippen LogP contribution in [0.5, 0.6) is 0 Å². The van der Waals surface area contributed by atoms with Crippen LogP contribution in [0.15, 0.2) is 54.6 Å². The maximum atomic E-state index is 14.3. The number of hydrogen-bond acceptors (Lipinski definition) is 1. The van der Waals surface area contributed by atoms with Crippen molar-refractivity contribution in [3.8, 4) is 17.9 Å². The average molecular weight is 327 g/mol. The summed E-state index contributed by atoms with van der Waals surface area (Å²) in [6.45, 7) is 2.19. The van der Waals surface area contributed by atoms with E-state index < -0.39 is 5.82 Å². The quantitative estimate of drug-likeness (QED) is 0.575. The molecule has 1 nitrogen and oxygen atoms in total. The zero-order chi connectivity index (χ0) is 17.6. The van der Waals surface area contributed by atoms with Crippen LogP contribution in [-0.4, -0.2) is 0 Å². The van der Waals surface area contributed by atoms with Crippen molar-refractivity contribution in [1.82, 2.24) is 0 Å². The number of nitrogens with zero attached hydrogens (tertiary/aromatic N) is 1. The summed E-state index contributed by atoms with van der Waals surface area (Å²) >= 11 is 0. The minimum absolute atomic E-state index is 0.0558. The Hall–Kier alpha value is -3.10. The molecule has 122 valence electrons. The number of hydrogen-bond donors (Lipinski definition) is 0. The smallest absolute Gasteiger partial charge is 0.148 e. The summed E-state index contributed by atoms with van der Waals surface area (Å²) < 4.78 is 14.3. The van der Waals surface area contributed by atoms with Gasteiger partial charge in [0.15, 0.2) is 0 Å². The van der Waals surface area contributed by atoms with Gasteiger partial charge in [-0.05, 0) is 42.7 Å². The van der Waals surface area contributed by atoms with E-state index in [1.807, 2.05) is 24.3 Å². The molecule has 0 atom stereocenters. The number of fused-ring (bicyclic) bond motifs is 1. The molecule has 0 saturated heterocycles. The first kappa shape index (κ1) is 16.7. The van der Waals surface area contributed by atoms with Crippen LogP contribution in [0.25, 0.3) is 10.8 Å². The van der Waals surface area contributed by atoms with Crippen molar-refractivity contribution in [3.05, 3.63) is 82.7 Å². The summed E-state index contributed by atoms with van der Waals surface area (Å²) in [6, 6.07) is 18.7. The van der Waals surface area contributed by atoms with Crippen molar-refractivity contribution in [2.45, 2.75) is 26.2 Å². The fraction of sp³-hybridized carbons (Fsp3) is 0.174. The molecule has 0 spiro atoms. The van der Waals surface area contributed by atoms with Gasteiger partial charge in [0, 0.05) is 21.9 Å². The fourth-order valence-corrected chi connectivity index (χ4v) is 2.79. The van der Waals surface area contributed by atoms with Gasteiger partial charge in [0.2, 0.25) is 0 Å². The van der Waals surface area contributed by atoms with Gasteiger partial charge in [-0.3, -0.25) is 0 Å². The molecule has 0 saturated carbocycles. The number of unbranched alkanes of at least 4 members (excludes halogenated alkanes) is 1. The third kappa shape index (κ3) is 3.70. The maximum absolute atomic E-state index is 14.3. The lowest BCUT2D eigenvalue weighted by atomic mass is 10.0. The zero-order valence-corrected chi connectivity index (χ0v) is 14.1. The largest absolute Gasteiger partial charge is 0.205 e. The van der Waals surface area contributed by atoms with Gasteiger partial charge in [-0.1, -0.05) is 55.5 Å². The Morgan fingerprint density at radius 3 is 2.40 bits per heavy atom. The lowest BCUT2D eigenvalue weighted by molar-refractivity contribution is 0.636. The van der Waals surface area contributed by atoms with Crippen LogP contribution in [0.3, 0.4) is 0 Å². The fourth-order valence-electron chi connectivity index (χ4n) is 2.79. The highest BCUT2D eigenvalue weighted by molar-refractivity contribution is 5.89. The molecule has 0 aliphatic rings. The van der Waals surface area contributed by atoms with Crippen molar-refractivity contribution in [1.29, 1.82) is 5.26 Å². The van der Waals surface area contributed by atoms with E-state index in [1.165, 1.54) is 24.5 Å². The molecular formula is C23H18FN. The Morgan fingerprint density at radius 2 is 1.68 bits per heavy atom. The minimum atomic E-state index is -0.482. The standard InChI is InChI=1S/C23H18FN/c1-2-3-5-17-8-10-18(11-9-17)12-13-19-6-4-7-22-21(19)15-14-20(16-25)23(22)24/h4,6-11,14-15H,2-3,5H2,1H3. The van der Waals surface area contributed by atoms with Crippen LogP contribution in [0.2, 0.25) is 0 Å². The highest BCUT2D eigenvalue weighted by Crippen LogP contribution is 2.23. The molecule has 0 unspecified atom stereocenters. The molecule has 25 heavy (non-hydrogen) atoms. The van der Waals surface area contributed by atoms with Crippen LogP contribution >= 0.6 is 0 Å². The van der Waals surface area contributed by atoms with E-state index in [0.29, 0.717) is 5.39 Å². The van der Waals surface area contributed by atoms with Gasteiger partial charge < -0.3 is 0 Å². The molecular weight excluding hydrogens is 309 g/mol. The molecule has 3 aromatic carbocycles. The average Bonchev–Trinajstić information content (AvgIpc) is 2.66. The molecule has 3 rings (SSSR count). The first-order chi connectivity index (χ1) is 12.2. The van der Waals surface area contributed by atoms with Crippen molar-refractivity contribution in [2.75, 3.05) is 0 Å². The van der Waals surface area contributed by atoms with E-state index in [1.54, 1.807) is 18.2 Å². The van der Waals surface area contributed by atoms with Crippen molar-refractivity contribution >= 4 is 10.8 Å². The van der Waals surface area contributed by atoms with Gasteiger partial charge in [-0.2, -0.15) is 5.26 Å². The van der Waals surface area contributed by atoms with E-state index in [4.69, 9.17) is 5.26 Å². The van der Waals surface area contributed by atoms with E-state index in [-0.39, 0.29) is 5.56 Å². The van der Waals surface area contributed by atoms with Gasteiger partial charge in [0.05, 0.1) is 5.56 Å². The molecule has 0 fully saturated rings. The zero-order valence-electron chi connectivity index (χ0n) is 14.1. The molecule has 0 heterocycles.